The van der Waals surface area contributed by atoms with Crippen molar-refractivity contribution in [2.24, 2.45) is 0 Å². The van der Waals surface area contributed by atoms with E-state index in [1.165, 1.54) is 12.1 Å². The summed E-state index contributed by atoms with van der Waals surface area (Å²) in [7, 11) is 0. The summed E-state index contributed by atoms with van der Waals surface area (Å²) in [4.78, 5) is 13.1. The fourth-order valence-electron chi connectivity index (χ4n) is 3.06. The van der Waals surface area contributed by atoms with Crippen LogP contribution < -0.4 is 10.1 Å². The van der Waals surface area contributed by atoms with Gasteiger partial charge in [0.2, 0.25) is 5.91 Å². The van der Waals surface area contributed by atoms with Gasteiger partial charge in [-0.15, -0.1) is 10.2 Å². The molecule has 6 nitrogen and oxygen atoms in total. The molecule has 0 aliphatic carbocycles. The molecule has 4 aromatic rings. The van der Waals surface area contributed by atoms with E-state index in [4.69, 9.17) is 9.15 Å². The monoisotopic (exact) mass is 463 g/mol. The van der Waals surface area contributed by atoms with Crippen molar-refractivity contribution in [2.75, 3.05) is 5.32 Å². The van der Waals surface area contributed by atoms with E-state index in [2.05, 4.69) is 15.5 Å². The van der Waals surface area contributed by atoms with Crippen LogP contribution in [0.4, 0.5) is 10.1 Å². The first-order chi connectivity index (χ1) is 16.0. The third-order valence-corrected chi connectivity index (χ3v) is 5.88. The zero-order valence-corrected chi connectivity index (χ0v) is 18.9. The number of aromatic nitrogens is 2. The van der Waals surface area contributed by atoms with Gasteiger partial charge in [-0.1, -0.05) is 60.2 Å². The number of para-hydroxylation sites is 1. The largest absolute Gasteiger partial charge is 0.478 e. The van der Waals surface area contributed by atoms with E-state index in [0.29, 0.717) is 5.69 Å². The Labute approximate surface area is 195 Å². The first kappa shape index (κ1) is 22.5. The van der Waals surface area contributed by atoms with E-state index in [0.717, 1.165) is 22.9 Å². The molecule has 4 rings (SSSR count). The van der Waals surface area contributed by atoms with Crippen molar-refractivity contribution in [3.63, 3.8) is 0 Å². The van der Waals surface area contributed by atoms with Crippen LogP contribution in [0.3, 0.4) is 0 Å². The predicted molar refractivity (Wildman–Crippen MR) is 125 cm³/mol. The number of rotatable bonds is 8. The Morgan fingerprint density at radius 2 is 1.70 bits per heavy atom. The average molecular weight is 464 g/mol. The number of hydrogen-bond donors (Lipinski definition) is 1. The summed E-state index contributed by atoms with van der Waals surface area (Å²) >= 11 is 1.14. The fraction of sp³-hybridized carbons (Fsp3) is 0.160. The maximum Gasteiger partial charge on any atom is 0.277 e. The van der Waals surface area contributed by atoms with Gasteiger partial charge in [-0.25, -0.2) is 4.39 Å². The van der Waals surface area contributed by atoms with Gasteiger partial charge in [0.25, 0.3) is 11.1 Å². The highest BCUT2D eigenvalue weighted by Gasteiger charge is 2.26. The molecule has 0 radical (unpaired) electrons. The molecule has 0 spiro atoms. The molecule has 8 heteroatoms. The lowest BCUT2D eigenvalue weighted by Crippen LogP contribution is -2.19. The van der Waals surface area contributed by atoms with Crippen LogP contribution in [0.25, 0.3) is 0 Å². The number of halogens is 1. The number of nitrogens with one attached hydrogen (secondary N) is 1. The smallest absolute Gasteiger partial charge is 0.277 e. The molecule has 0 aliphatic rings. The zero-order chi connectivity index (χ0) is 23.2. The molecule has 1 amide bonds. The molecule has 2 unspecified atom stereocenters. The van der Waals surface area contributed by atoms with E-state index in [-0.39, 0.29) is 22.8 Å². The number of aryl methyl sites for hydroxylation is 1. The standard InChI is InChI=1S/C25H22FN3O3S/c1-16-12-14-19(15-13-16)27-23(30)22(18-8-4-3-5-9-18)33-25-29-28-24(32-25)17(2)31-21-11-7-6-10-20(21)26/h3-15,17,22H,1-2H3,(H,27,30). The predicted octanol–water partition coefficient (Wildman–Crippen LogP) is 6.13. The Morgan fingerprint density at radius 3 is 2.42 bits per heavy atom. The zero-order valence-electron chi connectivity index (χ0n) is 18.1. The molecule has 1 heterocycles. The first-order valence-electron chi connectivity index (χ1n) is 10.3. The molecule has 33 heavy (non-hydrogen) atoms. The van der Waals surface area contributed by atoms with Crippen molar-refractivity contribution in [1.29, 1.82) is 0 Å². The number of carbonyl (C=O) groups is 1. The quantitative estimate of drug-likeness (QED) is 0.317. The highest BCUT2D eigenvalue weighted by Crippen LogP contribution is 2.36. The topological polar surface area (TPSA) is 77.2 Å². The number of amides is 1. The van der Waals surface area contributed by atoms with E-state index in [9.17, 15) is 9.18 Å². The SMILES string of the molecule is Cc1ccc(NC(=O)C(Sc2nnc(C(C)Oc3ccccc3F)o2)c2ccccc2)cc1. The van der Waals surface area contributed by atoms with Crippen molar-refractivity contribution in [1.82, 2.24) is 10.2 Å². The third kappa shape index (κ3) is 5.78. The summed E-state index contributed by atoms with van der Waals surface area (Å²) in [6.07, 6.45) is -0.666. The lowest BCUT2D eigenvalue weighted by molar-refractivity contribution is -0.115. The minimum absolute atomic E-state index is 0.0945. The number of hydrogen-bond acceptors (Lipinski definition) is 6. The molecule has 0 fully saturated rings. The minimum Gasteiger partial charge on any atom is -0.478 e. The van der Waals surface area contributed by atoms with E-state index in [1.54, 1.807) is 19.1 Å². The second kappa shape index (κ2) is 10.3. The van der Waals surface area contributed by atoms with Crippen molar-refractivity contribution < 1.29 is 18.3 Å². The number of nitrogens with zero attached hydrogens (tertiary/aromatic N) is 2. The van der Waals surface area contributed by atoms with Gasteiger partial charge in [-0.3, -0.25) is 4.79 Å². The van der Waals surface area contributed by atoms with Gasteiger partial charge < -0.3 is 14.5 Å². The van der Waals surface area contributed by atoms with Gasteiger partial charge in [-0.2, -0.15) is 0 Å². The summed E-state index contributed by atoms with van der Waals surface area (Å²) < 4.78 is 25.2. The summed E-state index contributed by atoms with van der Waals surface area (Å²) in [5, 5.41) is 10.6. The number of thioether (sulfide) groups is 1. The van der Waals surface area contributed by atoms with Gasteiger partial charge in [0.1, 0.15) is 5.25 Å². The van der Waals surface area contributed by atoms with Crippen LogP contribution in [0.1, 0.15) is 35.3 Å². The number of ether oxygens (including phenoxy) is 1. The van der Waals surface area contributed by atoms with E-state index in [1.807, 2.05) is 61.5 Å². The molecule has 0 aliphatic heterocycles. The highest BCUT2D eigenvalue weighted by molar-refractivity contribution is 8.00. The fourth-order valence-corrected chi connectivity index (χ4v) is 3.94. The molecule has 0 saturated carbocycles. The Balaban J connectivity index is 1.51. The molecule has 0 bridgehead atoms. The Morgan fingerprint density at radius 1 is 1.00 bits per heavy atom. The molecule has 1 aromatic heterocycles. The van der Waals surface area contributed by atoms with Gasteiger partial charge in [0, 0.05) is 5.69 Å². The lowest BCUT2D eigenvalue weighted by atomic mass is 10.1. The number of anilines is 1. The molecule has 168 valence electrons. The maximum atomic E-state index is 13.9. The number of carbonyl (C=O) groups excluding carboxylic acids is 1. The van der Waals surface area contributed by atoms with Crippen LogP contribution >= 0.6 is 11.8 Å². The normalized spacial score (nSPS) is 12.7. The van der Waals surface area contributed by atoms with Crippen molar-refractivity contribution in [3.05, 3.63) is 102 Å². The summed E-state index contributed by atoms with van der Waals surface area (Å²) in [6, 6.07) is 23.0. The van der Waals surface area contributed by atoms with Crippen LogP contribution in [0.2, 0.25) is 0 Å². The maximum absolute atomic E-state index is 13.9. The van der Waals surface area contributed by atoms with Crippen LogP contribution in [0.15, 0.2) is 88.5 Å². The van der Waals surface area contributed by atoms with Gasteiger partial charge in [0.15, 0.2) is 17.7 Å². The van der Waals surface area contributed by atoms with E-state index < -0.39 is 17.2 Å². The molecule has 2 atom stereocenters. The second-order valence-corrected chi connectivity index (χ2v) is 8.42. The summed E-state index contributed by atoms with van der Waals surface area (Å²) in [5.41, 5.74) is 2.60. The molecule has 0 saturated heterocycles. The third-order valence-electron chi connectivity index (χ3n) is 4.79. The van der Waals surface area contributed by atoms with E-state index >= 15 is 0 Å². The number of benzene rings is 3. The van der Waals surface area contributed by atoms with Crippen molar-refractivity contribution >= 4 is 23.4 Å². The van der Waals surface area contributed by atoms with Gasteiger partial charge in [-0.05, 0) is 55.4 Å². The van der Waals surface area contributed by atoms with Crippen LogP contribution in [0.5, 0.6) is 5.75 Å². The van der Waals surface area contributed by atoms with Gasteiger partial charge >= 0.3 is 0 Å². The first-order valence-corrected chi connectivity index (χ1v) is 11.2. The lowest BCUT2D eigenvalue weighted by Gasteiger charge is -2.15. The van der Waals surface area contributed by atoms with Crippen LogP contribution in [0, 0.1) is 12.7 Å². The Kier molecular flexibility index (Phi) is 7.04. The molecule has 3 aromatic carbocycles. The summed E-state index contributed by atoms with van der Waals surface area (Å²) in [5.74, 6) is -0.413. The second-order valence-electron chi connectivity index (χ2n) is 7.36. The molecular formula is C25H22FN3O3S. The Bertz CT molecular complexity index is 1220. The summed E-state index contributed by atoms with van der Waals surface area (Å²) in [6.45, 7) is 3.67. The minimum atomic E-state index is -0.666. The van der Waals surface area contributed by atoms with Gasteiger partial charge in [0.05, 0.1) is 0 Å². The highest BCUT2D eigenvalue weighted by atomic mass is 32.2. The van der Waals surface area contributed by atoms with Crippen molar-refractivity contribution in [3.8, 4) is 5.75 Å². The van der Waals surface area contributed by atoms with Crippen LogP contribution in [-0.4, -0.2) is 16.1 Å². The van der Waals surface area contributed by atoms with Crippen molar-refractivity contribution in [2.45, 2.75) is 30.4 Å². The molecule has 1 N–H and O–H groups in total. The van der Waals surface area contributed by atoms with Crippen LogP contribution in [-0.2, 0) is 4.79 Å². The average Bonchev–Trinajstić information content (AvgIpc) is 3.30. The Hall–Kier alpha value is -3.65. The molecular weight excluding hydrogens is 441 g/mol.